The van der Waals surface area contributed by atoms with Gasteiger partial charge in [-0.1, -0.05) is 23.2 Å². The van der Waals surface area contributed by atoms with Crippen LogP contribution in [0.4, 0.5) is 10.5 Å². The largest absolute Gasteiger partial charge is 0.450 e. The van der Waals surface area contributed by atoms with Crippen molar-refractivity contribution in [3.63, 3.8) is 0 Å². The summed E-state index contributed by atoms with van der Waals surface area (Å²) < 4.78 is 6.31. The first kappa shape index (κ1) is 19.3. The minimum Gasteiger partial charge on any atom is -0.450 e. The molecule has 2 aromatic rings. The molecule has 1 aliphatic heterocycles. The Morgan fingerprint density at radius 3 is 2.59 bits per heavy atom. The second-order valence-corrected chi connectivity index (χ2v) is 6.77. The van der Waals surface area contributed by atoms with Crippen molar-refractivity contribution >= 4 is 46.0 Å². The molecular formula is C17H17Cl2N5O3. The zero-order chi connectivity index (χ0) is 19.7. The normalized spacial score (nSPS) is 14.3. The van der Waals surface area contributed by atoms with Gasteiger partial charge < -0.3 is 14.5 Å². The summed E-state index contributed by atoms with van der Waals surface area (Å²) in [6.07, 6.45) is -0.372. The van der Waals surface area contributed by atoms with Crippen molar-refractivity contribution in [3.05, 3.63) is 32.2 Å². The quantitative estimate of drug-likeness (QED) is 0.707. The lowest BCUT2D eigenvalue weighted by Crippen LogP contribution is -2.49. The molecule has 0 saturated carbocycles. The molecule has 8 nitrogen and oxygen atoms in total. The molecule has 3 rings (SSSR count). The molecular weight excluding hydrogens is 393 g/mol. The van der Waals surface area contributed by atoms with Gasteiger partial charge in [0.05, 0.1) is 17.3 Å². The highest BCUT2D eigenvalue weighted by molar-refractivity contribution is 6.41. The van der Waals surface area contributed by atoms with E-state index in [1.165, 1.54) is 11.6 Å². The van der Waals surface area contributed by atoms with Gasteiger partial charge in [-0.3, -0.25) is 9.36 Å². The van der Waals surface area contributed by atoms with Crippen LogP contribution in [0.15, 0.2) is 10.9 Å². The second-order valence-electron chi connectivity index (χ2n) is 6.00. The fraction of sp³-hybridized carbons (Fsp3) is 0.412. The van der Waals surface area contributed by atoms with Crippen molar-refractivity contribution in [1.82, 2.24) is 14.5 Å². The van der Waals surface area contributed by atoms with Gasteiger partial charge in [-0.15, -0.1) is 0 Å². The Hall–Kier alpha value is -2.50. The van der Waals surface area contributed by atoms with Crippen LogP contribution in [0.5, 0.6) is 0 Å². The third kappa shape index (κ3) is 3.40. The average molecular weight is 410 g/mol. The van der Waals surface area contributed by atoms with Gasteiger partial charge in [0, 0.05) is 38.6 Å². The Labute approximate surface area is 165 Å². The number of pyridine rings is 2. The van der Waals surface area contributed by atoms with Crippen LogP contribution in [0.1, 0.15) is 12.5 Å². The third-order valence-corrected chi connectivity index (χ3v) is 5.15. The smallest absolute Gasteiger partial charge is 0.409 e. The van der Waals surface area contributed by atoms with E-state index < -0.39 is 5.56 Å². The number of carbonyl (C=O) groups is 1. The van der Waals surface area contributed by atoms with E-state index in [0.29, 0.717) is 49.5 Å². The molecule has 10 heteroatoms. The van der Waals surface area contributed by atoms with E-state index in [1.54, 1.807) is 17.9 Å². The molecule has 0 bridgehead atoms. The minimum atomic E-state index is -0.460. The lowest BCUT2D eigenvalue weighted by atomic mass is 10.1. The maximum atomic E-state index is 12.6. The molecule has 0 spiro atoms. The van der Waals surface area contributed by atoms with Crippen LogP contribution in [0.2, 0.25) is 10.2 Å². The molecule has 142 valence electrons. The van der Waals surface area contributed by atoms with Crippen LogP contribution in [0, 0.1) is 11.3 Å². The maximum absolute atomic E-state index is 12.6. The highest BCUT2D eigenvalue weighted by atomic mass is 35.5. The summed E-state index contributed by atoms with van der Waals surface area (Å²) in [6, 6.07) is 3.61. The predicted octanol–water partition coefficient (Wildman–Crippen LogP) is 2.39. The standard InChI is InChI=1S/C17H17Cl2N5O3/c1-3-27-17(26)24-6-4-23(5-7-24)13-10-8-12(18)14(19)21-15(10)22(2)16(25)11(13)9-20/h8H,3-7H2,1-2H3. The van der Waals surface area contributed by atoms with Crippen molar-refractivity contribution in [3.8, 4) is 6.07 Å². The molecule has 0 radical (unpaired) electrons. The zero-order valence-electron chi connectivity index (χ0n) is 14.8. The summed E-state index contributed by atoms with van der Waals surface area (Å²) in [7, 11) is 1.53. The van der Waals surface area contributed by atoms with E-state index in [1.807, 2.05) is 11.0 Å². The molecule has 1 amide bonds. The number of aryl methyl sites for hydroxylation is 1. The van der Waals surface area contributed by atoms with Crippen molar-refractivity contribution in [2.24, 2.45) is 7.05 Å². The highest BCUT2D eigenvalue weighted by Gasteiger charge is 2.27. The van der Waals surface area contributed by atoms with Crippen molar-refractivity contribution in [2.45, 2.75) is 6.92 Å². The predicted molar refractivity (Wildman–Crippen MR) is 103 cm³/mol. The Morgan fingerprint density at radius 1 is 1.33 bits per heavy atom. The number of carbonyl (C=O) groups excluding carboxylic acids is 1. The summed E-state index contributed by atoms with van der Waals surface area (Å²) in [4.78, 5) is 32.2. The van der Waals surface area contributed by atoms with Gasteiger partial charge in [-0.2, -0.15) is 5.26 Å². The number of fused-ring (bicyclic) bond motifs is 1. The Balaban J connectivity index is 2.08. The lowest BCUT2D eigenvalue weighted by molar-refractivity contribution is 0.105. The number of anilines is 1. The van der Waals surface area contributed by atoms with Gasteiger partial charge in [-0.25, -0.2) is 9.78 Å². The van der Waals surface area contributed by atoms with Gasteiger partial charge in [0.15, 0.2) is 0 Å². The SMILES string of the molecule is CCOC(=O)N1CCN(c2c(C#N)c(=O)n(C)c3nc(Cl)c(Cl)cc23)CC1. The topological polar surface area (TPSA) is 91.5 Å². The number of hydrogen-bond acceptors (Lipinski definition) is 6. The van der Waals surface area contributed by atoms with E-state index in [-0.39, 0.29) is 21.8 Å². The van der Waals surface area contributed by atoms with Gasteiger partial charge in [0.25, 0.3) is 5.56 Å². The second kappa shape index (κ2) is 7.62. The fourth-order valence-electron chi connectivity index (χ4n) is 3.14. The van der Waals surface area contributed by atoms with Crippen molar-refractivity contribution in [1.29, 1.82) is 5.26 Å². The van der Waals surface area contributed by atoms with Gasteiger partial charge in [0.1, 0.15) is 22.4 Å². The minimum absolute atomic E-state index is 0.00905. The Kier molecular flexibility index (Phi) is 5.44. The summed E-state index contributed by atoms with van der Waals surface area (Å²) in [6.45, 7) is 3.76. The maximum Gasteiger partial charge on any atom is 0.409 e. The van der Waals surface area contributed by atoms with Gasteiger partial charge in [0.2, 0.25) is 0 Å². The number of aromatic nitrogens is 2. The van der Waals surface area contributed by atoms with Crippen LogP contribution in [-0.4, -0.2) is 53.3 Å². The number of halogens is 2. The number of piperazine rings is 1. The molecule has 0 N–H and O–H groups in total. The van der Waals surface area contributed by atoms with E-state index in [4.69, 9.17) is 27.9 Å². The molecule has 0 unspecified atom stereocenters. The third-order valence-electron chi connectivity index (χ3n) is 4.47. The number of nitrogens with zero attached hydrogens (tertiary/aromatic N) is 5. The molecule has 1 fully saturated rings. The van der Waals surface area contributed by atoms with Crippen LogP contribution < -0.4 is 10.5 Å². The first-order valence-electron chi connectivity index (χ1n) is 8.34. The molecule has 1 saturated heterocycles. The lowest BCUT2D eigenvalue weighted by Gasteiger charge is -2.36. The monoisotopic (exact) mass is 409 g/mol. The molecule has 0 aromatic carbocycles. The Morgan fingerprint density at radius 2 is 2.00 bits per heavy atom. The van der Waals surface area contributed by atoms with Crippen LogP contribution in [0.3, 0.4) is 0 Å². The number of hydrogen-bond donors (Lipinski definition) is 0. The summed E-state index contributed by atoms with van der Waals surface area (Å²) >= 11 is 12.1. The van der Waals surface area contributed by atoms with Gasteiger partial charge in [-0.05, 0) is 13.0 Å². The fourth-order valence-corrected chi connectivity index (χ4v) is 3.43. The zero-order valence-corrected chi connectivity index (χ0v) is 16.3. The van der Waals surface area contributed by atoms with E-state index in [9.17, 15) is 14.9 Å². The number of ether oxygens (including phenoxy) is 1. The average Bonchev–Trinajstić information content (AvgIpc) is 2.66. The molecule has 3 heterocycles. The van der Waals surface area contributed by atoms with E-state index >= 15 is 0 Å². The first-order chi connectivity index (χ1) is 12.9. The van der Waals surface area contributed by atoms with Crippen LogP contribution in [-0.2, 0) is 11.8 Å². The molecule has 27 heavy (non-hydrogen) atoms. The first-order valence-corrected chi connectivity index (χ1v) is 9.10. The van der Waals surface area contributed by atoms with Gasteiger partial charge >= 0.3 is 6.09 Å². The molecule has 0 atom stereocenters. The van der Waals surface area contributed by atoms with Crippen molar-refractivity contribution < 1.29 is 9.53 Å². The summed E-state index contributed by atoms with van der Waals surface area (Å²) in [5, 5.41) is 10.5. The highest BCUT2D eigenvalue weighted by Crippen LogP contribution is 2.32. The molecule has 1 aliphatic rings. The van der Waals surface area contributed by atoms with E-state index in [0.717, 1.165) is 0 Å². The van der Waals surface area contributed by atoms with Crippen LogP contribution in [0.25, 0.3) is 11.0 Å². The van der Waals surface area contributed by atoms with E-state index in [2.05, 4.69) is 4.98 Å². The number of nitriles is 1. The number of amides is 1. The summed E-state index contributed by atoms with van der Waals surface area (Å²) in [5.74, 6) is 0. The molecule has 2 aromatic heterocycles. The van der Waals surface area contributed by atoms with Crippen LogP contribution >= 0.6 is 23.2 Å². The Bertz CT molecular complexity index is 1010. The molecule has 0 aliphatic carbocycles. The summed E-state index contributed by atoms with van der Waals surface area (Å²) in [5.41, 5.74) is 0.356. The van der Waals surface area contributed by atoms with Crippen molar-refractivity contribution in [2.75, 3.05) is 37.7 Å². The number of rotatable bonds is 2.